The molecule has 2 radical (unpaired) electrons. The number of hydrogen-bond acceptors (Lipinski definition) is 1. The van der Waals surface area contributed by atoms with Crippen LogP contribution in [0.4, 0.5) is 0 Å². The Bertz CT molecular complexity index is 202. The van der Waals surface area contributed by atoms with Crippen LogP contribution >= 0.6 is 11.6 Å². The van der Waals surface area contributed by atoms with Crippen molar-refractivity contribution in [3.63, 3.8) is 0 Å². The summed E-state index contributed by atoms with van der Waals surface area (Å²) in [6, 6.07) is 7.26. The minimum absolute atomic E-state index is 0.203. The summed E-state index contributed by atoms with van der Waals surface area (Å²) in [7, 11) is -0.203. The van der Waals surface area contributed by atoms with Gasteiger partial charge in [0.05, 0.1) is 0 Å². The Kier molecular flexibility index (Phi) is 2.27. The van der Waals surface area contributed by atoms with E-state index in [1.165, 1.54) is 0 Å². The van der Waals surface area contributed by atoms with Gasteiger partial charge >= 0.3 is 0 Å². The molecule has 0 atom stereocenters. The molecule has 0 fully saturated rings. The summed E-state index contributed by atoms with van der Waals surface area (Å²) in [4.78, 5) is 8.66. The van der Waals surface area contributed by atoms with E-state index in [1.807, 2.05) is 12.1 Å². The SMILES string of the molecule is O[Si]c1ccccc1Cl. The van der Waals surface area contributed by atoms with Gasteiger partial charge in [0.1, 0.15) is 0 Å². The lowest BCUT2D eigenvalue weighted by atomic mass is 10.4. The zero-order valence-electron chi connectivity index (χ0n) is 4.63. The van der Waals surface area contributed by atoms with Gasteiger partial charge in [-0.15, -0.1) is 0 Å². The smallest absolute Gasteiger partial charge is 0.266 e. The highest BCUT2D eigenvalue weighted by Gasteiger charge is 1.95. The van der Waals surface area contributed by atoms with Crippen LogP contribution in [-0.2, 0) is 0 Å². The maximum Gasteiger partial charge on any atom is 0.266 e. The molecule has 1 aromatic carbocycles. The van der Waals surface area contributed by atoms with Crippen molar-refractivity contribution >= 4 is 26.6 Å². The van der Waals surface area contributed by atoms with Crippen LogP contribution in [0.25, 0.3) is 0 Å². The Balaban J connectivity index is 3.01. The lowest BCUT2D eigenvalue weighted by Crippen LogP contribution is -2.13. The van der Waals surface area contributed by atoms with E-state index in [0.29, 0.717) is 5.02 Å². The maximum absolute atomic E-state index is 8.66. The molecule has 1 aromatic rings. The molecule has 0 amide bonds. The van der Waals surface area contributed by atoms with Crippen molar-refractivity contribution in [2.24, 2.45) is 0 Å². The van der Waals surface area contributed by atoms with E-state index in [1.54, 1.807) is 12.1 Å². The molecule has 0 saturated heterocycles. The second-order valence-electron chi connectivity index (χ2n) is 1.59. The minimum Gasteiger partial charge on any atom is -0.428 e. The van der Waals surface area contributed by atoms with Crippen LogP contribution in [-0.4, -0.2) is 14.6 Å². The number of halogens is 1. The molecule has 0 aliphatic heterocycles. The summed E-state index contributed by atoms with van der Waals surface area (Å²) in [6.45, 7) is 0. The lowest BCUT2D eigenvalue weighted by molar-refractivity contribution is 0.615. The first kappa shape index (κ1) is 6.80. The predicted molar refractivity (Wildman–Crippen MR) is 39.1 cm³/mol. The van der Waals surface area contributed by atoms with Gasteiger partial charge in [-0.25, -0.2) is 0 Å². The zero-order valence-corrected chi connectivity index (χ0v) is 6.39. The molecule has 0 unspecified atom stereocenters. The molecule has 0 aliphatic rings. The van der Waals surface area contributed by atoms with E-state index in [0.717, 1.165) is 5.19 Å². The van der Waals surface area contributed by atoms with Gasteiger partial charge in [-0.1, -0.05) is 29.8 Å². The van der Waals surface area contributed by atoms with E-state index < -0.39 is 0 Å². The Morgan fingerprint density at radius 3 is 2.44 bits per heavy atom. The minimum atomic E-state index is -0.203. The molecule has 0 saturated carbocycles. The molecule has 0 heterocycles. The van der Waals surface area contributed by atoms with Crippen LogP contribution in [0.2, 0.25) is 5.02 Å². The van der Waals surface area contributed by atoms with E-state index in [-0.39, 0.29) is 9.76 Å². The van der Waals surface area contributed by atoms with Crippen molar-refractivity contribution in [2.75, 3.05) is 0 Å². The van der Waals surface area contributed by atoms with Gasteiger partial charge in [-0.3, -0.25) is 0 Å². The molecule has 0 spiro atoms. The van der Waals surface area contributed by atoms with Crippen LogP contribution in [0, 0.1) is 0 Å². The van der Waals surface area contributed by atoms with E-state index in [2.05, 4.69) is 0 Å². The van der Waals surface area contributed by atoms with Crippen molar-refractivity contribution in [1.82, 2.24) is 0 Å². The summed E-state index contributed by atoms with van der Waals surface area (Å²) >= 11 is 5.67. The first-order valence-corrected chi connectivity index (χ1v) is 3.82. The summed E-state index contributed by atoms with van der Waals surface area (Å²) < 4.78 is 0. The van der Waals surface area contributed by atoms with Gasteiger partial charge in [0.15, 0.2) is 0 Å². The van der Waals surface area contributed by atoms with Crippen molar-refractivity contribution in [2.45, 2.75) is 0 Å². The standard InChI is InChI=1S/C6H5ClOSi/c7-5-3-1-2-4-6(5)9-8/h1-4,8H. The van der Waals surface area contributed by atoms with Gasteiger partial charge in [-0.05, 0) is 11.3 Å². The summed E-state index contributed by atoms with van der Waals surface area (Å²) in [6.07, 6.45) is 0. The lowest BCUT2D eigenvalue weighted by Gasteiger charge is -1.93. The molecule has 1 rings (SSSR count). The Labute approximate surface area is 61.2 Å². The molecule has 3 heteroatoms. The van der Waals surface area contributed by atoms with Crippen LogP contribution in [0.1, 0.15) is 0 Å². The highest BCUT2D eigenvalue weighted by Crippen LogP contribution is 2.01. The van der Waals surface area contributed by atoms with Crippen LogP contribution in [0.15, 0.2) is 24.3 Å². The van der Waals surface area contributed by atoms with Gasteiger partial charge in [0, 0.05) is 5.02 Å². The predicted octanol–water partition coefficient (Wildman–Crippen LogP) is 0.577. The molecule has 9 heavy (non-hydrogen) atoms. The normalized spacial score (nSPS) is 9.56. The van der Waals surface area contributed by atoms with Crippen LogP contribution < -0.4 is 5.19 Å². The average Bonchev–Trinajstić information content (AvgIpc) is 1.89. The molecular formula is C6H5ClOSi. The highest BCUT2D eigenvalue weighted by atomic mass is 35.5. The molecule has 0 bridgehead atoms. The Hall–Kier alpha value is -0.313. The fraction of sp³-hybridized carbons (Fsp3) is 0. The first-order chi connectivity index (χ1) is 4.34. The maximum atomic E-state index is 8.66. The molecule has 0 aromatic heterocycles. The zero-order chi connectivity index (χ0) is 6.69. The largest absolute Gasteiger partial charge is 0.428 e. The highest BCUT2D eigenvalue weighted by molar-refractivity contribution is 6.52. The van der Waals surface area contributed by atoms with E-state index in [9.17, 15) is 0 Å². The van der Waals surface area contributed by atoms with E-state index >= 15 is 0 Å². The molecule has 1 nitrogen and oxygen atoms in total. The molecule has 1 N–H and O–H groups in total. The number of hydrogen-bond donors (Lipinski definition) is 1. The van der Waals surface area contributed by atoms with Crippen molar-refractivity contribution < 1.29 is 4.80 Å². The Morgan fingerprint density at radius 2 is 2.00 bits per heavy atom. The van der Waals surface area contributed by atoms with Crippen molar-refractivity contribution in [3.8, 4) is 0 Å². The van der Waals surface area contributed by atoms with Crippen molar-refractivity contribution in [1.29, 1.82) is 0 Å². The second kappa shape index (κ2) is 3.01. The van der Waals surface area contributed by atoms with Crippen LogP contribution in [0.3, 0.4) is 0 Å². The third kappa shape index (κ3) is 1.54. The monoisotopic (exact) mass is 156 g/mol. The van der Waals surface area contributed by atoms with Crippen LogP contribution in [0.5, 0.6) is 0 Å². The van der Waals surface area contributed by atoms with Gasteiger partial charge < -0.3 is 4.80 Å². The third-order valence-electron chi connectivity index (χ3n) is 0.994. The number of benzene rings is 1. The van der Waals surface area contributed by atoms with Gasteiger partial charge in [-0.2, -0.15) is 0 Å². The fourth-order valence-corrected chi connectivity index (χ4v) is 1.18. The third-order valence-corrected chi connectivity index (χ3v) is 2.16. The van der Waals surface area contributed by atoms with Gasteiger partial charge in [0.25, 0.3) is 9.76 Å². The summed E-state index contributed by atoms with van der Waals surface area (Å²) in [5.74, 6) is 0. The first-order valence-electron chi connectivity index (χ1n) is 2.49. The fourth-order valence-electron chi connectivity index (χ4n) is 0.552. The molecule has 46 valence electrons. The molecule has 0 aliphatic carbocycles. The topological polar surface area (TPSA) is 20.2 Å². The molecular weight excluding hydrogens is 152 g/mol. The van der Waals surface area contributed by atoms with Crippen molar-refractivity contribution in [3.05, 3.63) is 29.3 Å². The Morgan fingerprint density at radius 1 is 1.33 bits per heavy atom. The quantitative estimate of drug-likeness (QED) is 0.590. The van der Waals surface area contributed by atoms with E-state index in [4.69, 9.17) is 16.4 Å². The second-order valence-corrected chi connectivity index (χ2v) is 2.76. The van der Waals surface area contributed by atoms with Gasteiger partial charge in [0.2, 0.25) is 0 Å². The number of rotatable bonds is 1. The summed E-state index contributed by atoms with van der Waals surface area (Å²) in [5.41, 5.74) is 0. The average molecular weight is 157 g/mol. The summed E-state index contributed by atoms with van der Waals surface area (Å²) in [5, 5.41) is 1.44.